The molecule has 0 aromatic heterocycles. The summed E-state index contributed by atoms with van der Waals surface area (Å²) in [6.45, 7) is 7.00. The lowest BCUT2D eigenvalue weighted by Crippen LogP contribution is -2.53. The summed E-state index contributed by atoms with van der Waals surface area (Å²) in [7, 11) is 0. The topological polar surface area (TPSA) is 77.2 Å². The second-order valence-corrected chi connectivity index (χ2v) is 3.49. The third-order valence-electron chi connectivity index (χ3n) is 2.10. The lowest BCUT2D eigenvalue weighted by molar-refractivity contribution is 0.0373. The molecule has 3 N–H and O–H groups in total. The van der Waals surface area contributed by atoms with Crippen molar-refractivity contribution in [1.29, 1.82) is 0 Å². The average Bonchev–Trinajstić information content (AvgIpc) is 1.87. The lowest BCUT2D eigenvalue weighted by Gasteiger charge is -2.35. The van der Waals surface area contributed by atoms with Gasteiger partial charge < -0.3 is 10.4 Å². The highest BCUT2D eigenvalue weighted by molar-refractivity contribution is 4.96. The predicted molar refractivity (Wildman–Crippen MR) is 39.7 cm³/mol. The summed E-state index contributed by atoms with van der Waals surface area (Å²) >= 11 is 0. The van der Waals surface area contributed by atoms with E-state index in [1.807, 2.05) is 0 Å². The van der Waals surface area contributed by atoms with E-state index in [1.165, 1.54) is 0 Å². The van der Waals surface area contributed by atoms with Crippen molar-refractivity contribution in [3.63, 3.8) is 0 Å². The highest BCUT2D eigenvalue weighted by Gasteiger charge is 2.37. The van der Waals surface area contributed by atoms with Crippen molar-refractivity contribution in [3.05, 3.63) is 0 Å². The fraction of sp³-hybridized carbons (Fsp3) is 1.00. The van der Waals surface area contributed by atoms with Crippen LogP contribution in [-0.4, -0.2) is 21.5 Å². The maximum Gasteiger partial charge on any atom is 0.0993 e. The second kappa shape index (κ2) is 3.15. The van der Waals surface area contributed by atoms with E-state index in [-0.39, 0.29) is 0 Å². The molecule has 0 atom stereocenters. The van der Waals surface area contributed by atoms with E-state index in [4.69, 9.17) is 10.4 Å². The maximum atomic E-state index is 8.72. The largest absolute Gasteiger partial charge is 0.395 e. The van der Waals surface area contributed by atoms with Crippen LogP contribution in [0.4, 0.5) is 0 Å². The predicted octanol–water partition coefficient (Wildman–Crippen LogP) is 1.36. The molecule has 0 aliphatic carbocycles. The summed E-state index contributed by atoms with van der Waals surface area (Å²) < 4.78 is 0. The van der Waals surface area contributed by atoms with Gasteiger partial charge in [0.2, 0.25) is 0 Å². The van der Waals surface area contributed by atoms with Crippen LogP contribution in [0, 0.1) is 0 Å². The minimum absolute atomic E-state index is 0.626. The van der Waals surface area contributed by atoms with Gasteiger partial charge >= 0.3 is 0 Å². The van der Waals surface area contributed by atoms with E-state index in [9.17, 15) is 0 Å². The molecule has 0 spiro atoms. The molecule has 11 heavy (non-hydrogen) atoms. The molecule has 0 saturated carbocycles. The Morgan fingerprint density at radius 1 is 1.18 bits per heavy atom. The molecule has 5 heteroatoms. The molecule has 66 valence electrons. The minimum Gasteiger partial charge on any atom is -0.395 e. The fourth-order valence-corrected chi connectivity index (χ4v) is 0.374. The van der Waals surface area contributed by atoms with Gasteiger partial charge in [0.05, 0.1) is 11.1 Å². The third kappa shape index (κ3) is 2.13. The molecular weight excluding hydrogens is 146 g/mol. The zero-order valence-electron chi connectivity index (χ0n) is 7.29. The van der Waals surface area contributed by atoms with Crippen LogP contribution in [0.1, 0.15) is 27.7 Å². The second-order valence-electron chi connectivity index (χ2n) is 3.49. The first-order chi connectivity index (χ1) is 4.87. The van der Waals surface area contributed by atoms with E-state index < -0.39 is 11.1 Å². The molecular formula is C6H15N3O2. The smallest absolute Gasteiger partial charge is 0.0993 e. The van der Waals surface area contributed by atoms with Gasteiger partial charge in [-0.3, -0.25) is 0 Å². The first-order valence-corrected chi connectivity index (χ1v) is 3.35. The summed E-state index contributed by atoms with van der Waals surface area (Å²) in [4.78, 5) is 0. The molecule has 0 aliphatic rings. The molecule has 0 aliphatic heterocycles. The quantitative estimate of drug-likeness (QED) is 0.432. The van der Waals surface area contributed by atoms with E-state index in [0.717, 1.165) is 0 Å². The highest BCUT2D eigenvalue weighted by Crippen LogP contribution is 2.24. The van der Waals surface area contributed by atoms with Gasteiger partial charge in [0.25, 0.3) is 0 Å². The van der Waals surface area contributed by atoms with Crippen LogP contribution >= 0.6 is 0 Å². The molecule has 0 rings (SSSR count). The number of hydroxylamine groups is 1. The molecule has 0 heterocycles. The van der Waals surface area contributed by atoms with Crippen LogP contribution in [0.5, 0.6) is 0 Å². The molecule has 0 radical (unpaired) electrons. The number of hydrogen-bond acceptors (Lipinski definition) is 4. The Balaban J connectivity index is 4.52. The van der Waals surface area contributed by atoms with Gasteiger partial charge in [-0.15, -0.1) is 5.11 Å². The van der Waals surface area contributed by atoms with Gasteiger partial charge in [-0.2, -0.15) is 5.48 Å². The molecule has 5 nitrogen and oxygen atoms in total. The molecule has 0 saturated heterocycles. The van der Waals surface area contributed by atoms with Crippen molar-refractivity contribution in [2.45, 2.75) is 38.8 Å². The Kier molecular flexibility index (Phi) is 2.95. The van der Waals surface area contributed by atoms with Crippen molar-refractivity contribution < 1.29 is 10.4 Å². The number of hydrogen-bond donors (Lipinski definition) is 3. The van der Waals surface area contributed by atoms with E-state index in [1.54, 1.807) is 27.7 Å². The van der Waals surface area contributed by atoms with Crippen molar-refractivity contribution >= 4 is 0 Å². The van der Waals surface area contributed by atoms with Crippen LogP contribution < -0.4 is 5.48 Å². The zero-order chi connectivity index (χ0) is 9.12. The molecule has 0 fully saturated rings. The van der Waals surface area contributed by atoms with Gasteiger partial charge in [-0.25, -0.2) is 0 Å². The van der Waals surface area contributed by atoms with Gasteiger partial charge in [0, 0.05) is 5.28 Å². The summed E-state index contributed by atoms with van der Waals surface area (Å²) in [6, 6.07) is 0. The Labute approximate surface area is 66.1 Å². The van der Waals surface area contributed by atoms with E-state index in [0.29, 0.717) is 0 Å². The molecule has 0 aromatic rings. The molecule has 0 aromatic carbocycles. The molecule has 0 bridgehead atoms. The summed E-state index contributed by atoms with van der Waals surface area (Å²) in [6.07, 6.45) is 0. The first-order valence-electron chi connectivity index (χ1n) is 3.35. The third-order valence-corrected chi connectivity index (χ3v) is 2.10. The van der Waals surface area contributed by atoms with Gasteiger partial charge in [-0.05, 0) is 27.7 Å². The number of rotatable bonds is 3. The minimum atomic E-state index is -0.656. The van der Waals surface area contributed by atoms with Crippen LogP contribution in [0.25, 0.3) is 0 Å². The van der Waals surface area contributed by atoms with Crippen LogP contribution in [-0.2, 0) is 0 Å². The zero-order valence-corrected chi connectivity index (χ0v) is 7.29. The SMILES string of the molecule is CC(C)(N=NO)C(C)(C)NO. The number of nitrogens with zero attached hydrogens (tertiary/aromatic N) is 2. The lowest BCUT2D eigenvalue weighted by atomic mass is 9.84. The van der Waals surface area contributed by atoms with Crippen molar-refractivity contribution in [2.24, 2.45) is 10.4 Å². The molecule has 0 unspecified atom stereocenters. The Morgan fingerprint density at radius 2 is 1.64 bits per heavy atom. The molecule has 0 amide bonds. The standard InChI is InChI=1S/C6H15N3O2/c1-5(2,7-9-11)6(3,4)8-10/h8,10H,1-4H3,(H,7,11). The van der Waals surface area contributed by atoms with Crippen LogP contribution in [0.2, 0.25) is 0 Å². The van der Waals surface area contributed by atoms with Crippen LogP contribution in [0.3, 0.4) is 0 Å². The Morgan fingerprint density at radius 3 is 1.91 bits per heavy atom. The Bertz CT molecular complexity index is 154. The average molecular weight is 161 g/mol. The number of nitrogens with one attached hydrogen (secondary N) is 1. The maximum absolute atomic E-state index is 8.72. The van der Waals surface area contributed by atoms with Gasteiger partial charge in [0.1, 0.15) is 0 Å². The summed E-state index contributed by atoms with van der Waals surface area (Å²) in [5.74, 6) is 0. The fourth-order valence-electron chi connectivity index (χ4n) is 0.374. The Hall–Kier alpha value is -0.680. The highest BCUT2D eigenvalue weighted by atomic mass is 16.5. The van der Waals surface area contributed by atoms with E-state index >= 15 is 0 Å². The van der Waals surface area contributed by atoms with Crippen molar-refractivity contribution in [1.82, 2.24) is 5.48 Å². The van der Waals surface area contributed by atoms with Crippen molar-refractivity contribution in [3.8, 4) is 0 Å². The normalized spacial score (nSPS) is 14.3. The van der Waals surface area contributed by atoms with Gasteiger partial charge in [0.15, 0.2) is 0 Å². The summed E-state index contributed by atoms with van der Waals surface area (Å²) in [5.41, 5.74) is 0.820. The first kappa shape index (κ1) is 10.3. The summed E-state index contributed by atoms with van der Waals surface area (Å²) in [5, 5.41) is 23.2. The van der Waals surface area contributed by atoms with E-state index in [2.05, 4.69) is 15.9 Å². The monoisotopic (exact) mass is 161 g/mol. The van der Waals surface area contributed by atoms with Crippen molar-refractivity contribution in [2.75, 3.05) is 0 Å². The van der Waals surface area contributed by atoms with Crippen LogP contribution in [0.15, 0.2) is 10.4 Å². The van der Waals surface area contributed by atoms with Gasteiger partial charge in [-0.1, -0.05) is 0 Å².